The molecule has 0 amide bonds. The molecule has 1 heteroatoms. The molecule has 0 atom stereocenters. The molecule has 28 heavy (non-hydrogen) atoms. The molecule has 0 aliphatic carbocycles. The van der Waals surface area contributed by atoms with Gasteiger partial charge in [-0.25, -0.2) is 0 Å². The zero-order valence-electron chi connectivity index (χ0n) is 15.3. The van der Waals surface area contributed by atoms with Crippen molar-refractivity contribution in [2.24, 2.45) is 0 Å². The van der Waals surface area contributed by atoms with Crippen LogP contribution in [0, 0.1) is 0 Å². The first kappa shape index (κ1) is 15.4. The average molecular weight is 355 g/mol. The molecule has 1 heterocycles. The molecule has 6 rings (SSSR count). The van der Waals surface area contributed by atoms with Crippen molar-refractivity contribution >= 4 is 43.1 Å². The monoisotopic (exact) mass is 355 g/mol. The second-order valence-corrected chi connectivity index (χ2v) is 7.30. The lowest BCUT2D eigenvalue weighted by molar-refractivity contribution is 1.36. The predicted octanol–water partition coefficient (Wildman–Crippen LogP) is 7.36. The molecule has 0 bridgehead atoms. The maximum Gasteiger partial charge on any atom is 0.0708 e. The van der Waals surface area contributed by atoms with E-state index in [4.69, 9.17) is 4.98 Å². The zero-order chi connectivity index (χ0) is 18.5. The molecule has 0 spiro atoms. The van der Waals surface area contributed by atoms with Gasteiger partial charge in [0.1, 0.15) is 0 Å². The van der Waals surface area contributed by atoms with E-state index in [0.717, 1.165) is 11.3 Å². The molecule has 1 aromatic heterocycles. The predicted molar refractivity (Wildman–Crippen MR) is 120 cm³/mol. The molecule has 0 saturated heterocycles. The van der Waals surface area contributed by atoms with Crippen molar-refractivity contribution in [3.63, 3.8) is 0 Å². The van der Waals surface area contributed by atoms with Crippen LogP contribution in [0.25, 0.3) is 54.3 Å². The summed E-state index contributed by atoms with van der Waals surface area (Å²) in [6.45, 7) is 0. The van der Waals surface area contributed by atoms with Crippen LogP contribution in [0.5, 0.6) is 0 Å². The van der Waals surface area contributed by atoms with E-state index < -0.39 is 0 Å². The summed E-state index contributed by atoms with van der Waals surface area (Å²) < 4.78 is 0. The van der Waals surface area contributed by atoms with Gasteiger partial charge in [-0.2, -0.15) is 0 Å². The van der Waals surface area contributed by atoms with E-state index in [-0.39, 0.29) is 0 Å². The Hall–Kier alpha value is -3.71. The Kier molecular flexibility index (Phi) is 3.24. The minimum atomic E-state index is 1.01. The highest BCUT2D eigenvalue weighted by Gasteiger charge is 2.07. The topological polar surface area (TPSA) is 12.9 Å². The third kappa shape index (κ3) is 2.30. The van der Waals surface area contributed by atoms with Gasteiger partial charge in [-0.1, -0.05) is 84.9 Å². The molecule has 0 unspecified atom stereocenters. The minimum absolute atomic E-state index is 1.01. The van der Waals surface area contributed by atoms with Crippen molar-refractivity contribution in [3.05, 3.63) is 103 Å². The Morgan fingerprint density at radius 3 is 1.75 bits per heavy atom. The summed E-state index contributed by atoms with van der Waals surface area (Å²) in [5.74, 6) is 0. The number of fused-ring (bicyclic) bond motifs is 6. The lowest BCUT2D eigenvalue weighted by Crippen LogP contribution is -1.86. The minimum Gasteiger partial charge on any atom is -0.256 e. The molecule has 6 aromatic rings. The van der Waals surface area contributed by atoms with E-state index in [0.29, 0.717) is 0 Å². The molecule has 0 aliphatic rings. The van der Waals surface area contributed by atoms with Crippen LogP contribution < -0.4 is 0 Å². The first-order chi connectivity index (χ1) is 13.9. The first-order valence-electron chi connectivity index (χ1n) is 9.56. The zero-order valence-corrected chi connectivity index (χ0v) is 15.3. The Morgan fingerprint density at radius 1 is 0.429 bits per heavy atom. The fraction of sp³-hybridized carbons (Fsp3) is 0. The van der Waals surface area contributed by atoms with Crippen LogP contribution in [0.1, 0.15) is 0 Å². The van der Waals surface area contributed by atoms with Crippen LogP contribution in [0.3, 0.4) is 0 Å². The van der Waals surface area contributed by atoms with Crippen molar-refractivity contribution in [1.82, 2.24) is 4.98 Å². The van der Waals surface area contributed by atoms with E-state index in [2.05, 4.69) is 97.1 Å². The van der Waals surface area contributed by atoms with Crippen molar-refractivity contribution in [3.8, 4) is 11.3 Å². The largest absolute Gasteiger partial charge is 0.256 e. The van der Waals surface area contributed by atoms with Gasteiger partial charge in [-0.05, 0) is 49.8 Å². The summed E-state index contributed by atoms with van der Waals surface area (Å²) in [5, 5.41) is 10.0. The Labute approximate surface area is 162 Å². The Morgan fingerprint density at radius 2 is 1.00 bits per heavy atom. The summed E-state index contributed by atoms with van der Waals surface area (Å²) in [6.07, 6.45) is 2.01. The first-order valence-corrected chi connectivity index (χ1v) is 9.56. The SMILES string of the molecule is c1ccc2c(c1)ccc1cc(-c3ccc4ccc5ccccc5c4c3)ncc12. The van der Waals surface area contributed by atoms with Crippen LogP contribution in [-0.4, -0.2) is 4.98 Å². The van der Waals surface area contributed by atoms with E-state index in [9.17, 15) is 0 Å². The number of hydrogen-bond donors (Lipinski definition) is 0. The second-order valence-electron chi connectivity index (χ2n) is 7.30. The average Bonchev–Trinajstić information content (AvgIpc) is 2.78. The maximum absolute atomic E-state index is 4.81. The van der Waals surface area contributed by atoms with E-state index in [1.165, 1.54) is 43.1 Å². The highest BCUT2D eigenvalue weighted by molar-refractivity contribution is 6.10. The number of hydrogen-bond acceptors (Lipinski definition) is 1. The molecule has 0 saturated carbocycles. The Bertz CT molecular complexity index is 1510. The number of pyridine rings is 1. The van der Waals surface area contributed by atoms with Crippen LogP contribution in [0.4, 0.5) is 0 Å². The van der Waals surface area contributed by atoms with Gasteiger partial charge in [0.05, 0.1) is 5.69 Å². The van der Waals surface area contributed by atoms with Gasteiger partial charge in [0, 0.05) is 17.1 Å². The maximum atomic E-state index is 4.81. The van der Waals surface area contributed by atoms with Gasteiger partial charge in [-0.3, -0.25) is 4.98 Å². The Balaban J connectivity index is 1.59. The number of aromatic nitrogens is 1. The molecular formula is C27H17N. The number of rotatable bonds is 1. The van der Waals surface area contributed by atoms with E-state index in [1.807, 2.05) is 6.20 Å². The highest BCUT2D eigenvalue weighted by Crippen LogP contribution is 2.31. The van der Waals surface area contributed by atoms with Crippen molar-refractivity contribution in [2.75, 3.05) is 0 Å². The van der Waals surface area contributed by atoms with Crippen LogP contribution >= 0.6 is 0 Å². The normalized spacial score (nSPS) is 11.6. The van der Waals surface area contributed by atoms with Crippen molar-refractivity contribution in [1.29, 1.82) is 0 Å². The quantitative estimate of drug-likeness (QED) is 0.281. The molecule has 0 fully saturated rings. The lowest BCUT2D eigenvalue weighted by Gasteiger charge is -2.09. The molecular weight excluding hydrogens is 338 g/mol. The molecule has 1 nitrogen and oxygen atoms in total. The molecule has 0 aliphatic heterocycles. The van der Waals surface area contributed by atoms with Gasteiger partial charge in [0.15, 0.2) is 0 Å². The third-order valence-corrected chi connectivity index (χ3v) is 5.67. The van der Waals surface area contributed by atoms with Gasteiger partial charge in [0.25, 0.3) is 0 Å². The summed E-state index contributed by atoms with van der Waals surface area (Å²) >= 11 is 0. The second kappa shape index (κ2) is 5.90. The number of nitrogens with zero attached hydrogens (tertiary/aromatic N) is 1. The third-order valence-electron chi connectivity index (χ3n) is 5.67. The van der Waals surface area contributed by atoms with Crippen molar-refractivity contribution in [2.45, 2.75) is 0 Å². The fourth-order valence-electron chi connectivity index (χ4n) is 4.22. The molecule has 130 valence electrons. The van der Waals surface area contributed by atoms with Gasteiger partial charge >= 0.3 is 0 Å². The molecule has 5 aromatic carbocycles. The summed E-state index contributed by atoms with van der Waals surface area (Å²) in [6, 6.07) is 34.7. The van der Waals surface area contributed by atoms with Crippen molar-refractivity contribution < 1.29 is 0 Å². The molecule has 0 N–H and O–H groups in total. The van der Waals surface area contributed by atoms with Gasteiger partial charge < -0.3 is 0 Å². The summed E-state index contributed by atoms with van der Waals surface area (Å²) in [7, 11) is 0. The summed E-state index contributed by atoms with van der Waals surface area (Å²) in [4.78, 5) is 4.81. The number of benzene rings is 5. The molecule has 0 radical (unpaired) electrons. The van der Waals surface area contributed by atoms with Gasteiger partial charge in [0.2, 0.25) is 0 Å². The lowest BCUT2D eigenvalue weighted by atomic mass is 9.98. The van der Waals surface area contributed by atoms with Crippen LogP contribution in [-0.2, 0) is 0 Å². The van der Waals surface area contributed by atoms with Crippen LogP contribution in [0.15, 0.2) is 103 Å². The van der Waals surface area contributed by atoms with Gasteiger partial charge in [-0.15, -0.1) is 0 Å². The van der Waals surface area contributed by atoms with E-state index in [1.54, 1.807) is 0 Å². The smallest absolute Gasteiger partial charge is 0.0708 e. The standard InChI is InChI=1S/C27H17N/c1-3-7-23-18(5-1)9-10-20-12-14-22(15-25(20)23)27-16-21-13-11-19-6-2-4-8-24(19)26(21)17-28-27/h1-17H. The fourth-order valence-corrected chi connectivity index (χ4v) is 4.22. The van der Waals surface area contributed by atoms with Crippen LogP contribution in [0.2, 0.25) is 0 Å². The highest BCUT2D eigenvalue weighted by atomic mass is 14.7. The van der Waals surface area contributed by atoms with E-state index >= 15 is 0 Å². The summed E-state index contributed by atoms with van der Waals surface area (Å²) in [5.41, 5.74) is 2.16.